The van der Waals surface area contributed by atoms with Crippen LogP contribution in [0.5, 0.6) is 0 Å². The van der Waals surface area contributed by atoms with Gasteiger partial charge in [-0.3, -0.25) is 0 Å². The lowest BCUT2D eigenvalue weighted by Crippen LogP contribution is -2.36. The molecule has 0 spiro atoms. The van der Waals surface area contributed by atoms with Crippen LogP contribution in [0.3, 0.4) is 0 Å². The molecular weight excluding hydrogens is 284 g/mol. The SMILES string of the molecule is CNCCc1ccc(S(=O)(=O)N(CC(C)C)C2CC2)cc1. The van der Waals surface area contributed by atoms with Gasteiger partial charge in [-0.15, -0.1) is 0 Å². The summed E-state index contributed by atoms with van der Waals surface area (Å²) in [6.07, 6.45) is 2.90. The van der Waals surface area contributed by atoms with Crippen molar-refractivity contribution in [1.29, 1.82) is 0 Å². The van der Waals surface area contributed by atoms with E-state index in [1.165, 1.54) is 0 Å². The number of nitrogens with one attached hydrogen (secondary N) is 1. The van der Waals surface area contributed by atoms with Gasteiger partial charge in [0.1, 0.15) is 0 Å². The van der Waals surface area contributed by atoms with E-state index >= 15 is 0 Å². The van der Waals surface area contributed by atoms with Gasteiger partial charge in [-0.05, 0) is 56.5 Å². The van der Waals surface area contributed by atoms with Crippen LogP contribution >= 0.6 is 0 Å². The van der Waals surface area contributed by atoms with Crippen LogP contribution in [0.15, 0.2) is 29.2 Å². The lowest BCUT2D eigenvalue weighted by atomic mass is 10.1. The Morgan fingerprint density at radius 2 is 1.86 bits per heavy atom. The number of likely N-dealkylation sites (N-methyl/N-ethyl adjacent to an activating group) is 1. The van der Waals surface area contributed by atoms with Gasteiger partial charge in [-0.25, -0.2) is 8.42 Å². The molecule has 5 heteroatoms. The Kier molecular flexibility index (Phi) is 5.41. The predicted molar refractivity (Wildman–Crippen MR) is 85.8 cm³/mol. The van der Waals surface area contributed by atoms with Gasteiger partial charge < -0.3 is 5.32 Å². The Bertz CT molecular complexity index is 548. The molecule has 4 nitrogen and oxygen atoms in total. The molecule has 1 aromatic rings. The van der Waals surface area contributed by atoms with Crippen LogP contribution in [-0.2, 0) is 16.4 Å². The molecular formula is C16H26N2O2S. The molecule has 0 aliphatic heterocycles. The fraction of sp³-hybridized carbons (Fsp3) is 0.625. The monoisotopic (exact) mass is 310 g/mol. The van der Waals surface area contributed by atoms with E-state index < -0.39 is 10.0 Å². The zero-order valence-corrected chi connectivity index (χ0v) is 14.0. The van der Waals surface area contributed by atoms with Crippen LogP contribution in [-0.4, -0.2) is 38.9 Å². The van der Waals surface area contributed by atoms with Crippen molar-refractivity contribution in [3.8, 4) is 0 Å². The first-order chi connectivity index (χ1) is 9.95. The first-order valence-electron chi connectivity index (χ1n) is 7.70. The molecule has 1 aromatic carbocycles. The minimum Gasteiger partial charge on any atom is -0.319 e. The number of nitrogens with zero attached hydrogens (tertiary/aromatic N) is 1. The molecule has 2 rings (SSSR count). The van der Waals surface area contributed by atoms with E-state index in [0.717, 1.165) is 31.4 Å². The largest absolute Gasteiger partial charge is 0.319 e. The summed E-state index contributed by atoms with van der Waals surface area (Å²) >= 11 is 0. The highest BCUT2D eigenvalue weighted by molar-refractivity contribution is 7.89. The molecule has 1 aliphatic rings. The van der Waals surface area contributed by atoms with E-state index in [1.54, 1.807) is 16.4 Å². The Labute approximate surface area is 128 Å². The normalized spacial score (nSPS) is 15.9. The predicted octanol–water partition coefficient (Wildman–Crippen LogP) is 2.26. The number of hydrogen-bond acceptors (Lipinski definition) is 3. The minimum atomic E-state index is -3.35. The molecule has 0 unspecified atom stereocenters. The summed E-state index contributed by atoms with van der Waals surface area (Å²) in [5.41, 5.74) is 1.16. The Morgan fingerprint density at radius 3 is 2.33 bits per heavy atom. The lowest BCUT2D eigenvalue weighted by molar-refractivity contribution is 0.360. The number of rotatable bonds is 8. The molecule has 0 aromatic heterocycles. The maximum atomic E-state index is 12.8. The second kappa shape index (κ2) is 6.90. The highest BCUT2D eigenvalue weighted by Crippen LogP contribution is 2.32. The molecule has 0 saturated heterocycles. The van der Waals surface area contributed by atoms with E-state index in [-0.39, 0.29) is 6.04 Å². The number of benzene rings is 1. The average molecular weight is 310 g/mol. The Balaban J connectivity index is 2.17. The first-order valence-corrected chi connectivity index (χ1v) is 9.14. The van der Waals surface area contributed by atoms with Gasteiger partial charge in [0.15, 0.2) is 0 Å². The van der Waals surface area contributed by atoms with Gasteiger partial charge in [0.05, 0.1) is 4.90 Å². The fourth-order valence-corrected chi connectivity index (χ4v) is 4.25. The Hall–Kier alpha value is -0.910. The lowest BCUT2D eigenvalue weighted by Gasteiger charge is -2.23. The molecule has 1 aliphatic carbocycles. The van der Waals surface area contributed by atoms with E-state index in [0.29, 0.717) is 17.4 Å². The molecule has 21 heavy (non-hydrogen) atoms. The van der Waals surface area contributed by atoms with Gasteiger partial charge in [0.25, 0.3) is 0 Å². The smallest absolute Gasteiger partial charge is 0.243 e. The fourth-order valence-electron chi connectivity index (χ4n) is 2.40. The first kappa shape index (κ1) is 16.5. The van der Waals surface area contributed by atoms with Crippen molar-refractivity contribution < 1.29 is 8.42 Å². The van der Waals surface area contributed by atoms with Crippen molar-refractivity contribution in [2.75, 3.05) is 20.1 Å². The number of sulfonamides is 1. The molecule has 0 heterocycles. The van der Waals surface area contributed by atoms with Crippen molar-refractivity contribution >= 4 is 10.0 Å². The molecule has 1 fully saturated rings. The summed E-state index contributed by atoms with van der Waals surface area (Å²) in [6, 6.07) is 7.54. The summed E-state index contributed by atoms with van der Waals surface area (Å²) in [4.78, 5) is 0.420. The standard InChI is InChI=1S/C16H26N2O2S/c1-13(2)12-18(15-6-7-15)21(19,20)16-8-4-14(5-9-16)10-11-17-3/h4-5,8-9,13,15,17H,6-7,10-12H2,1-3H3. The highest BCUT2D eigenvalue weighted by atomic mass is 32.2. The molecule has 0 radical (unpaired) electrons. The van der Waals surface area contributed by atoms with Gasteiger partial charge in [0, 0.05) is 12.6 Å². The molecule has 0 atom stereocenters. The maximum absolute atomic E-state index is 12.8. The second-order valence-corrected chi connectivity index (χ2v) is 8.09. The van der Waals surface area contributed by atoms with Crippen LogP contribution in [0.25, 0.3) is 0 Å². The van der Waals surface area contributed by atoms with Crippen LogP contribution < -0.4 is 5.32 Å². The molecule has 1 N–H and O–H groups in total. The van der Waals surface area contributed by atoms with Gasteiger partial charge in [0.2, 0.25) is 10.0 Å². The van der Waals surface area contributed by atoms with Crippen molar-refractivity contribution in [3.05, 3.63) is 29.8 Å². The van der Waals surface area contributed by atoms with E-state index in [9.17, 15) is 8.42 Å². The molecule has 118 valence electrons. The number of hydrogen-bond donors (Lipinski definition) is 1. The third kappa shape index (κ3) is 4.28. The Morgan fingerprint density at radius 1 is 1.24 bits per heavy atom. The minimum absolute atomic E-state index is 0.210. The summed E-state index contributed by atoms with van der Waals surface area (Å²) in [6.45, 7) is 5.62. The van der Waals surface area contributed by atoms with Crippen LogP contribution in [0.4, 0.5) is 0 Å². The molecule has 1 saturated carbocycles. The second-order valence-electron chi connectivity index (χ2n) is 6.20. The molecule has 0 amide bonds. The quantitative estimate of drug-likeness (QED) is 0.801. The highest BCUT2D eigenvalue weighted by Gasteiger charge is 2.38. The summed E-state index contributed by atoms with van der Waals surface area (Å²) in [7, 11) is -1.44. The van der Waals surface area contributed by atoms with Crippen molar-refractivity contribution in [2.45, 2.75) is 44.0 Å². The van der Waals surface area contributed by atoms with Gasteiger partial charge in [-0.2, -0.15) is 4.31 Å². The average Bonchev–Trinajstić information content (AvgIpc) is 3.27. The van der Waals surface area contributed by atoms with E-state index in [1.807, 2.05) is 19.2 Å². The van der Waals surface area contributed by atoms with Crippen molar-refractivity contribution in [2.24, 2.45) is 5.92 Å². The summed E-state index contributed by atoms with van der Waals surface area (Å²) < 4.78 is 27.3. The summed E-state index contributed by atoms with van der Waals surface area (Å²) in [5, 5.41) is 3.10. The van der Waals surface area contributed by atoms with Crippen LogP contribution in [0, 0.1) is 5.92 Å². The van der Waals surface area contributed by atoms with E-state index in [2.05, 4.69) is 19.2 Å². The van der Waals surface area contributed by atoms with Gasteiger partial charge in [-0.1, -0.05) is 26.0 Å². The third-order valence-corrected chi connectivity index (χ3v) is 5.63. The van der Waals surface area contributed by atoms with Crippen LogP contribution in [0.2, 0.25) is 0 Å². The summed E-state index contributed by atoms with van der Waals surface area (Å²) in [5.74, 6) is 0.343. The van der Waals surface area contributed by atoms with Gasteiger partial charge >= 0.3 is 0 Å². The topological polar surface area (TPSA) is 49.4 Å². The third-order valence-electron chi connectivity index (χ3n) is 3.69. The maximum Gasteiger partial charge on any atom is 0.243 e. The van der Waals surface area contributed by atoms with Crippen LogP contribution in [0.1, 0.15) is 32.3 Å². The molecule has 0 bridgehead atoms. The zero-order chi connectivity index (χ0) is 15.5. The zero-order valence-electron chi connectivity index (χ0n) is 13.2. The van der Waals surface area contributed by atoms with Crippen molar-refractivity contribution in [3.63, 3.8) is 0 Å². The van der Waals surface area contributed by atoms with E-state index in [4.69, 9.17) is 0 Å². The van der Waals surface area contributed by atoms with Crippen molar-refractivity contribution in [1.82, 2.24) is 9.62 Å².